The summed E-state index contributed by atoms with van der Waals surface area (Å²) in [5.41, 5.74) is 0.491. The summed E-state index contributed by atoms with van der Waals surface area (Å²) in [4.78, 5) is 34.7. The monoisotopic (exact) mass is 479 g/mol. The summed E-state index contributed by atoms with van der Waals surface area (Å²) in [5.74, 6) is -0.218. The molecule has 0 aliphatic heterocycles. The molecule has 0 bridgehead atoms. The lowest BCUT2D eigenvalue weighted by Crippen LogP contribution is -2.24. The van der Waals surface area contributed by atoms with Crippen molar-refractivity contribution in [1.82, 2.24) is 0 Å². The van der Waals surface area contributed by atoms with Gasteiger partial charge in [0, 0.05) is 42.0 Å². The Bertz CT molecular complexity index is 1280. The Hall–Kier alpha value is -4.41. The molecule has 11 nitrogen and oxygen atoms in total. The molecule has 0 radical (unpaired) electrons. The van der Waals surface area contributed by atoms with Crippen LogP contribution in [-0.4, -0.2) is 35.5 Å². The van der Waals surface area contributed by atoms with E-state index in [-0.39, 0.29) is 11.7 Å². The van der Waals surface area contributed by atoms with Crippen LogP contribution in [0.15, 0.2) is 64.8 Å². The third kappa shape index (κ3) is 6.14. The number of azo groups is 1. The van der Waals surface area contributed by atoms with Crippen molar-refractivity contribution in [2.45, 2.75) is 26.7 Å². The quantitative estimate of drug-likeness (QED) is 0.137. The number of rotatable bonds is 11. The fourth-order valence-electron chi connectivity index (χ4n) is 3.69. The topological polar surface area (TPSA) is 141 Å². The predicted octanol–water partition coefficient (Wildman–Crippen LogP) is 6.24. The maximum Gasteiger partial charge on any atom is 0.305 e. The Morgan fingerprint density at radius 3 is 2.29 bits per heavy atom. The van der Waals surface area contributed by atoms with Crippen molar-refractivity contribution in [3.05, 3.63) is 74.8 Å². The number of nitrogens with zero attached hydrogens (tertiary/aromatic N) is 5. The van der Waals surface area contributed by atoms with Gasteiger partial charge in [0.1, 0.15) is 0 Å². The van der Waals surface area contributed by atoms with Crippen LogP contribution in [0.3, 0.4) is 0 Å². The zero-order valence-corrected chi connectivity index (χ0v) is 19.4. The molecule has 0 aromatic heterocycles. The molecular formula is C24H25N5O6. The van der Waals surface area contributed by atoms with Gasteiger partial charge >= 0.3 is 11.7 Å². The van der Waals surface area contributed by atoms with Gasteiger partial charge in [0.2, 0.25) is 0 Å². The highest BCUT2D eigenvalue weighted by molar-refractivity contribution is 6.01. The van der Waals surface area contributed by atoms with E-state index in [0.29, 0.717) is 31.7 Å². The fraction of sp³-hybridized carbons (Fsp3) is 0.292. The van der Waals surface area contributed by atoms with Gasteiger partial charge < -0.3 is 9.64 Å². The Morgan fingerprint density at radius 2 is 1.63 bits per heavy atom. The van der Waals surface area contributed by atoms with Gasteiger partial charge in [0.05, 0.1) is 28.2 Å². The summed E-state index contributed by atoms with van der Waals surface area (Å²) in [6.45, 7) is 5.55. The molecular weight excluding hydrogens is 454 g/mol. The van der Waals surface area contributed by atoms with E-state index in [1.807, 2.05) is 37.3 Å². The van der Waals surface area contributed by atoms with Crippen LogP contribution < -0.4 is 4.90 Å². The van der Waals surface area contributed by atoms with Crippen LogP contribution in [0, 0.1) is 20.2 Å². The fourth-order valence-corrected chi connectivity index (χ4v) is 3.69. The minimum Gasteiger partial charge on any atom is -0.466 e. The third-order valence-corrected chi connectivity index (χ3v) is 5.35. The summed E-state index contributed by atoms with van der Waals surface area (Å²) >= 11 is 0. The van der Waals surface area contributed by atoms with Crippen LogP contribution in [0.4, 0.5) is 28.4 Å². The Kier molecular flexibility index (Phi) is 8.38. The van der Waals surface area contributed by atoms with E-state index in [2.05, 4.69) is 15.1 Å². The number of fused-ring (bicyclic) bond motifs is 1. The number of anilines is 1. The number of non-ortho nitro benzene ring substituents is 1. The van der Waals surface area contributed by atoms with Gasteiger partial charge in [-0.05, 0) is 38.5 Å². The largest absolute Gasteiger partial charge is 0.466 e. The summed E-state index contributed by atoms with van der Waals surface area (Å²) < 4.78 is 5.00. The highest BCUT2D eigenvalue weighted by atomic mass is 16.6. The summed E-state index contributed by atoms with van der Waals surface area (Å²) in [6, 6.07) is 14.5. The number of esters is 1. The number of ether oxygens (including phenoxy) is 1. The molecule has 3 aromatic rings. The van der Waals surface area contributed by atoms with E-state index in [9.17, 15) is 25.0 Å². The second-order valence-corrected chi connectivity index (χ2v) is 7.52. The molecule has 0 heterocycles. The molecule has 35 heavy (non-hydrogen) atoms. The van der Waals surface area contributed by atoms with Crippen LogP contribution in [-0.2, 0) is 9.53 Å². The normalized spacial score (nSPS) is 11.0. The second kappa shape index (κ2) is 11.6. The zero-order valence-electron chi connectivity index (χ0n) is 19.4. The Balaban J connectivity index is 1.92. The smallest absolute Gasteiger partial charge is 0.305 e. The number of carbonyl (C=O) groups is 1. The number of benzene rings is 3. The lowest BCUT2D eigenvalue weighted by molar-refractivity contribution is -0.393. The lowest BCUT2D eigenvalue weighted by atomic mass is 10.1. The average Bonchev–Trinajstić information content (AvgIpc) is 2.85. The maximum absolute atomic E-state index is 11.7. The Labute approximate surface area is 201 Å². The standard InChI is InChI=1S/C24H25N5O6/c1-3-27(15-7-10-24(30)35-4-2)22-14-13-20(18-8-5-6-9-19(18)22)25-26-21-12-11-17(28(31)32)16-23(21)29(33)34/h5-6,8-9,11-14,16H,3-4,7,10,15H2,1-2H3. The van der Waals surface area contributed by atoms with Crippen molar-refractivity contribution in [3.8, 4) is 0 Å². The van der Waals surface area contributed by atoms with Crippen molar-refractivity contribution >= 4 is 45.2 Å². The molecule has 3 aromatic carbocycles. The molecule has 0 aliphatic rings. The predicted molar refractivity (Wildman–Crippen MR) is 132 cm³/mol. The molecule has 182 valence electrons. The molecule has 0 aliphatic carbocycles. The molecule has 0 amide bonds. The highest BCUT2D eigenvalue weighted by Crippen LogP contribution is 2.37. The minimum absolute atomic E-state index is 0.0806. The van der Waals surface area contributed by atoms with Crippen LogP contribution in [0.5, 0.6) is 0 Å². The third-order valence-electron chi connectivity index (χ3n) is 5.35. The molecule has 11 heteroatoms. The summed E-state index contributed by atoms with van der Waals surface area (Å²) in [6.07, 6.45) is 0.981. The molecule has 0 atom stereocenters. The molecule has 0 saturated heterocycles. The van der Waals surface area contributed by atoms with Gasteiger partial charge in [-0.25, -0.2) is 0 Å². The number of nitro groups is 2. The van der Waals surface area contributed by atoms with Crippen LogP contribution in [0.1, 0.15) is 26.7 Å². The first kappa shape index (κ1) is 25.2. The minimum atomic E-state index is -0.724. The van der Waals surface area contributed by atoms with Gasteiger partial charge in [0.25, 0.3) is 5.69 Å². The van der Waals surface area contributed by atoms with Crippen molar-refractivity contribution in [2.24, 2.45) is 10.2 Å². The van der Waals surface area contributed by atoms with Gasteiger partial charge in [-0.15, -0.1) is 10.2 Å². The first-order chi connectivity index (χ1) is 16.8. The first-order valence-corrected chi connectivity index (χ1v) is 11.1. The average molecular weight is 479 g/mol. The van der Waals surface area contributed by atoms with Crippen molar-refractivity contribution in [2.75, 3.05) is 24.6 Å². The Morgan fingerprint density at radius 1 is 0.943 bits per heavy atom. The molecule has 0 fully saturated rings. The zero-order chi connectivity index (χ0) is 25.4. The van der Waals surface area contributed by atoms with E-state index in [4.69, 9.17) is 4.74 Å². The second-order valence-electron chi connectivity index (χ2n) is 7.52. The van der Waals surface area contributed by atoms with Crippen molar-refractivity contribution in [3.63, 3.8) is 0 Å². The van der Waals surface area contributed by atoms with Crippen LogP contribution >= 0.6 is 0 Å². The van der Waals surface area contributed by atoms with Crippen LogP contribution in [0.2, 0.25) is 0 Å². The number of nitro benzene ring substituents is 2. The van der Waals surface area contributed by atoms with E-state index < -0.39 is 21.2 Å². The van der Waals surface area contributed by atoms with E-state index >= 15 is 0 Å². The maximum atomic E-state index is 11.7. The molecule has 0 unspecified atom stereocenters. The van der Waals surface area contributed by atoms with Gasteiger partial charge in [-0.2, -0.15) is 0 Å². The van der Waals surface area contributed by atoms with E-state index in [1.165, 1.54) is 6.07 Å². The number of carbonyl (C=O) groups excluding carboxylic acids is 1. The van der Waals surface area contributed by atoms with Gasteiger partial charge in [-0.1, -0.05) is 24.3 Å². The van der Waals surface area contributed by atoms with Crippen molar-refractivity contribution in [1.29, 1.82) is 0 Å². The number of hydrogen-bond donors (Lipinski definition) is 0. The molecule has 0 saturated carbocycles. The molecule has 3 rings (SSSR count). The van der Waals surface area contributed by atoms with Crippen LogP contribution in [0.25, 0.3) is 10.8 Å². The summed E-state index contributed by atoms with van der Waals surface area (Å²) in [5, 5.41) is 32.3. The van der Waals surface area contributed by atoms with Gasteiger partial charge in [0.15, 0.2) is 5.69 Å². The first-order valence-electron chi connectivity index (χ1n) is 11.1. The molecule has 0 N–H and O–H groups in total. The molecule has 0 spiro atoms. The lowest BCUT2D eigenvalue weighted by Gasteiger charge is -2.25. The van der Waals surface area contributed by atoms with E-state index in [1.54, 1.807) is 13.0 Å². The SMILES string of the molecule is CCOC(=O)CCCN(CC)c1ccc(N=Nc2ccc([N+](=O)[O-])cc2[N+](=O)[O-])c2ccccc12. The summed E-state index contributed by atoms with van der Waals surface area (Å²) in [7, 11) is 0. The van der Waals surface area contributed by atoms with Crippen molar-refractivity contribution < 1.29 is 19.4 Å². The highest BCUT2D eigenvalue weighted by Gasteiger charge is 2.19. The van der Waals surface area contributed by atoms with E-state index in [0.717, 1.165) is 35.1 Å². The number of hydrogen-bond acceptors (Lipinski definition) is 9. The van der Waals surface area contributed by atoms with Gasteiger partial charge in [-0.3, -0.25) is 25.0 Å².